The predicted molar refractivity (Wildman–Crippen MR) is 92.3 cm³/mol. The fourth-order valence-corrected chi connectivity index (χ4v) is 3.11. The summed E-state index contributed by atoms with van der Waals surface area (Å²) in [6.45, 7) is 6.20. The van der Waals surface area contributed by atoms with Crippen LogP contribution in [0.15, 0.2) is 24.3 Å². The highest BCUT2D eigenvalue weighted by atomic mass is 16.5. The molecule has 1 aromatic rings. The van der Waals surface area contributed by atoms with Crippen LogP contribution in [-0.4, -0.2) is 74.2 Å². The molecule has 7 heteroatoms. The molecule has 24 heavy (non-hydrogen) atoms. The monoisotopic (exact) mass is 332 g/mol. The number of nitrogens with zero attached hydrogens (tertiary/aromatic N) is 3. The second-order valence-corrected chi connectivity index (χ2v) is 6.27. The minimum absolute atomic E-state index is 0.0492. The van der Waals surface area contributed by atoms with E-state index < -0.39 is 0 Å². The van der Waals surface area contributed by atoms with Crippen LogP contribution in [0.4, 0.5) is 16.2 Å². The van der Waals surface area contributed by atoms with E-state index in [1.807, 2.05) is 23.1 Å². The third-order valence-corrected chi connectivity index (χ3v) is 4.68. The number of carbonyl (C=O) groups excluding carboxylic acids is 2. The van der Waals surface area contributed by atoms with Crippen molar-refractivity contribution in [3.05, 3.63) is 24.3 Å². The van der Waals surface area contributed by atoms with Crippen molar-refractivity contribution in [2.24, 2.45) is 0 Å². The molecule has 0 spiro atoms. The first-order valence-corrected chi connectivity index (χ1v) is 8.26. The molecular formula is C17H24N4O3. The molecule has 7 nitrogen and oxygen atoms in total. The number of carbonyl (C=O) groups is 2. The van der Waals surface area contributed by atoms with Crippen molar-refractivity contribution < 1.29 is 14.3 Å². The van der Waals surface area contributed by atoms with Gasteiger partial charge in [-0.2, -0.15) is 0 Å². The van der Waals surface area contributed by atoms with Crippen molar-refractivity contribution in [3.63, 3.8) is 0 Å². The Morgan fingerprint density at radius 2 is 2.12 bits per heavy atom. The number of benzene rings is 1. The highest BCUT2D eigenvalue weighted by molar-refractivity contribution is 5.93. The van der Waals surface area contributed by atoms with E-state index in [4.69, 9.17) is 4.74 Å². The Bertz CT molecular complexity index is 622. The molecule has 1 aromatic carbocycles. The van der Waals surface area contributed by atoms with Gasteiger partial charge in [0.1, 0.15) is 0 Å². The van der Waals surface area contributed by atoms with Gasteiger partial charge in [0.2, 0.25) is 5.91 Å². The van der Waals surface area contributed by atoms with Crippen molar-refractivity contribution in [3.8, 4) is 0 Å². The van der Waals surface area contributed by atoms with Crippen molar-refractivity contribution in [1.29, 1.82) is 0 Å². The number of rotatable bonds is 2. The molecule has 0 radical (unpaired) electrons. The van der Waals surface area contributed by atoms with Crippen molar-refractivity contribution in [2.45, 2.75) is 13.0 Å². The van der Waals surface area contributed by atoms with Crippen molar-refractivity contribution >= 4 is 23.3 Å². The molecule has 0 aliphatic carbocycles. The van der Waals surface area contributed by atoms with E-state index in [9.17, 15) is 9.59 Å². The summed E-state index contributed by atoms with van der Waals surface area (Å²) in [6.07, 6.45) is 0. The van der Waals surface area contributed by atoms with Gasteiger partial charge in [-0.15, -0.1) is 0 Å². The molecule has 0 unspecified atom stereocenters. The van der Waals surface area contributed by atoms with Gasteiger partial charge in [-0.25, -0.2) is 4.79 Å². The average molecular weight is 332 g/mol. The van der Waals surface area contributed by atoms with Gasteiger partial charge in [0.15, 0.2) is 0 Å². The van der Waals surface area contributed by atoms with Gasteiger partial charge in [-0.05, 0) is 18.2 Å². The van der Waals surface area contributed by atoms with E-state index in [0.29, 0.717) is 18.8 Å². The summed E-state index contributed by atoms with van der Waals surface area (Å²) in [4.78, 5) is 29.8. The van der Waals surface area contributed by atoms with Gasteiger partial charge in [0, 0.05) is 51.5 Å². The zero-order chi connectivity index (χ0) is 17.1. The number of piperazine rings is 1. The van der Waals surface area contributed by atoms with Gasteiger partial charge >= 0.3 is 6.03 Å². The second-order valence-electron chi connectivity index (χ2n) is 6.27. The lowest BCUT2D eigenvalue weighted by molar-refractivity contribution is -0.116. The number of nitrogens with one attached hydrogen (secondary N) is 1. The molecule has 2 fully saturated rings. The molecule has 3 rings (SSSR count). The number of ether oxygens (including phenoxy) is 1. The Hall–Kier alpha value is -2.12. The van der Waals surface area contributed by atoms with Crippen LogP contribution < -0.4 is 10.2 Å². The third kappa shape index (κ3) is 3.68. The minimum Gasteiger partial charge on any atom is -0.378 e. The van der Waals surface area contributed by atoms with Crippen LogP contribution in [0, 0.1) is 0 Å². The maximum Gasteiger partial charge on any atom is 0.321 e. The van der Waals surface area contributed by atoms with Gasteiger partial charge in [0.05, 0.1) is 19.3 Å². The summed E-state index contributed by atoms with van der Waals surface area (Å²) in [5, 5.41) is 2.93. The Morgan fingerprint density at radius 3 is 2.92 bits per heavy atom. The molecular weight excluding hydrogens is 308 g/mol. The molecule has 2 heterocycles. The summed E-state index contributed by atoms with van der Waals surface area (Å²) in [5.74, 6) is -0.0492. The largest absolute Gasteiger partial charge is 0.378 e. The molecule has 0 bridgehead atoms. The SMILES string of the molecule is CC(=O)N(C)c1cccc(NC(=O)N2CCN3CCOC[C@@H]3C2)c1. The summed E-state index contributed by atoms with van der Waals surface area (Å²) in [7, 11) is 1.71. The van der Waals surface area contributed by atoms with Gasteiger partial charge < -0.3 is 19.9 Å². The summed E-state index contributed by atoms with van der Waals surface area (Å²) in [5.41, 5.74) is 1.44. The maximum absolute atomic E-state index is 12.5. The number of fused-ring (bicyclic) bond motifs is 1. The lowest BCUT2D eigenvalue weighted by atomic mass is 10.1. The maximum atomic E-state index is 12.5. The molecule has 1 atom stereocenters. The van der Waals surface area contributed by atoms with Gasteiger partial charge in [0.25, 0.3) is 0 Å². The smallest absolute Gasteiger partial charge is 0.321 e. The predicted octanol–water partition coefficient (Wildman–Crippen LogP) is 1.22. The Kier molecular flexibility index (Phi) is 5.01. The van der Waals surface area contributed by atoms with E-state index in [1.54, 1.807) is 18.0 Å². The van der Waals surface area contributed by atoms with Crippen molar-refractivity contribution in [2.75, 3.05) is 56.7 Å². The molecule has 0 saturated carbocycles. The van der Waals surface area contributed by atoms with Crippen LogP contribution in [0.25, 0.3) is 0 Å². The molecule has 2 aliphatic heterocycles. The molecule has 1 N–H and O–H groups in total. The summed E-state index contributed by atoms with van der Waals surface area (Å²) >= 11 is 0. The zero-order valence-electron chi connectivity index (χ0n) is 14.2. The highest BCUT2D eigenvalue weighted by Gasteiger charge is 2.31. The normalized spacial score (nSPS) is 21.1. The first-order chi connectivity index (χ1) is 11.5. The summed E-state index contributed by atoms with van der Waals surface area (Å²) < 4.78 is 5.51. The van der Waals surface area contributed by atoms with E-state index in [-0.39, 0.29) is 18.0 Å². The van der Waals surface area contributed by atoms with E-state index >= 15 is 0 Å². The number of amides is 3. The Morgan fingerprint density at radius 1 is 1.29 bits per heavy atom. The fraction of sp³-hybridized carbons (Fsp3) is 0.529. The lowest BCUT2D eigenvalue weighted by Crippen LogP contribution is -2.59. The molecule has 130 valence electrons. The molecule has 2 saturated heterocycles. The number of urea groups is 1. The molecule has 3 amide bonds. The fourth-order valence-electron chi connectivity index (χ4n) is 3.11. The first-order valence-electron chi connectivity index (χ1n) is 8.26. The Balaban J connectivity index is 1.62. The van der Waals surface area contributed by atoms with Crippen LogP contribution in [0.3, 0.4) is 0 Å². The number of hydrogen-bond donors (Lipinski definition) is 1. The molecule has 2 aliphatic rings. The number of morpholine rings is 1. The Labute approximate surface area is 142 Å². The van der Waals surface area contributed by atoms with Crippen LogP contribution >= 0.6 is 0 Å². The standard InChI is InChI=1S/C17H24N4O3/c1-13(22)19(2)15-5-3-4-14(10-15)18-17(23)21-7-6-20-8-9-24-12-16(20)11-21/h3-5,10,16H,6-9,11-12H2,1-2H3,(H,18,23)/t16-/m0/s1. The van der Waals surface area contributed by atoms with E-state index in [0.717, 1.165) is 31.9 Å². The van der Waals surface area contributed by atoms with Gasteiger partial charge in [-0.1, -0.05) is 6.07 Å². The minimum atomic E-state index is -0.108. The zero-order valence-corrected chi connectivity index (χ0v) is 14.2. The van der Waals surface area contributed by atoms with E-state index in [1.165, 1.54) is 6.92 Å². The van der Waals surface area contributed by atoms with Crippen LogP contribution in [0.1, 0.15) is 6.92 Å². The van der Waals surface area contributed by atoms with Gasteiger partial charge in [-0.3, -0.25) is 9.69 Å². The van der Waals surface area contributed by atoms with Crippen LogP contribution in [0.5, 0.6) is 0 Å². The second kappa shape index (κ2) is 7.19. The average Bonchev–Trinajstić information content (AvgIpc) is 2.60. The lowest BCUT2D eigenvalue weighted by Gasteiger charge is -2.43. The highest BCUT2D eigenvalue weighted by Crippen LogP contribution is 2.20. The topological polar surface area (TPSA) is 65.1 Å². The van der Waals surface area contributed by atoms with Crippen LogP contribution in [-0.2, 0) is 9.53 Å². The van der Waals surface area contributed by atoms with Crippen molar-refractivity contribution in [1.82, 2.24) is 9.80 Å². The molecule has 0 aromatic heterocycles. The third-order valence-electron chi connectivity index (χ3n) is 4.68. The quantitative estimate of drug-likeness (QED) is 0.884. The first kappa shape index (κ1) is 16.7. The summed E-state index contributed by atoms with van der Waals surface area (Å²) in [6, 6.07) is 7.48. The van der Waals surface area contributed by atoms with E-state index in [2.05, 4.69) is 10.2 Å². The number of anilines is 2. The number of hydrogen-bond acceptors (Lipinski definition) is 4. The van der Waals surface area contributed by atoms with Crippen LogP contribution in [0.2, 0.25) is 0 Å².